The monoisotopic (exact) mass is 322 g/mol. The Hall–Kier alpha value is -2.36. The van der Waals surface area contributed by atoms with Crippen LogP contribution in [0.15, 0.2) is 36.4 Å². The van der Waals surface area contributed by atoms with E-state index in [4.69, 9.17) is 0 Å². The minimum atomic E-state index is 0.0845. The molecule has 2 aliphatic rings. The van der Waals surface area contributed by atoms with Gasteiger partial charge >= 0.3 is 0 Å². The lowest BCUT2D eigenvalue weighted by Crippen LogP contribution is -2.22. The average Bonchev–Trinajstić information content (AvgIpc) is 3.21. The van der Waals surface area contributed by atoms with E-state index in [-0.39, 0.29) is 17.6 Å². The highest BCUT2D eigenvalue weighted by molar-refractivity contribution is 6.23. The summed E-state index contributed by atoms with van der Waals surface area (Å²) in [6, 6.07) is 6.07. The van der Waals surface area contributed by atoms with Gasteiger partial charge in [0.25, 0.3) is 0 Å². The number of fused-ring (bicyclic) bond motifs is 2. The van der Waals surface area contributed by atoms with Crippen LogP contribution in [0.2, 0.25) is 0 Å². The van der Waals surface area contributed by atoms with Crippen molar-refractivity contribution in [1.29, 1.82) is 0 Å². The number of aromatic nitrogens is 2. The number of hydrogen-bond acceptors (Lipinski definition) is 3. The first-order chi connectivity index (χ1) is 11.6. The molecule has 1 saturated carbocycles. The first kappa shape index (κ1) is 15.2. The second kappa shape index (κ2) is 5.62. The lowest BCUT2D eigenvalue weighted by Gasteiger charge is -2.23. The second-order valence-corrected chi connectivity index (χ2v) is 6.99. The zero-order chi connectivity index (χ0) is 16.8. The average molecular weight is 322 g/mol. The zero-order valence-electron chi connectivity index (χ0n) is 14.1. The first-order valence-electron chi connectivity index (χ1n) is 8.70. The van der Waals surface area contributed by atoms with Crippen LogP contribution in [-0.4, -0.2) is 20.7 Å². The number of aliphatic hydroxyl groups excluding tert-OH is 1. The topological polar surface area (TPSA) is 55.1 Å². The van der Waals surface area contributed by atoms with Gasteiger partial charge in [-0.25, -0.2) is 4.68 Å². The van der Waals surface area contributed by atoms with Gasteiger partial charge in [0.05, 0.1) is 17.5 Å². The maximum absolute atomic E-state index is 12.9. The number of nitrogens with zero attached hydrogens (tertiary/aromatic N) is 2. The van der Waals surface area contributed by atoms with Crippen molar-refractivity contribution in [3.05, 3.63) is 53.0 Å². The molecule has 1 aromatic carbocycles. The van der Waals surface area contributed by atoms with Gasteiger partial charge in [0.2, 0.25) is 0 Å². The summed E-state index contributed by atoms with van der Waals surface area (Å²) in [6.45, 7) is 4.08. The molecule has 2 aromatic rings. The van der Waals surface area contributed by atoms with Crippen LogP contribution >= 0.6 is 0 Å². The van der Waals surface area contributed by atoms with E-state index in [0.29, 0.717) is 11.3 Å². The summed E-state index contributed by atoms with van der Waals surface area (Å²) in [7, 11) is 0. The zero-order valence-corrected chi connectivity index (χ0v) is 14.1. The third kappa shape index (κ3) is 2.29. The Morgan fingerprint density at radius 3 is 2.79 bits per heavy atom. The van der Waals surface area contributed by atoms with Crippen molar-refractivity contribution in [2.45, 2.75) is 39.5 Å². The maximum Gasteiger partial charge on any atom is 0.169 e. The third-order valence-corrected chi connectivity index (χ3v) is 5.41. The second-order valence-electron chi connectivity index (χ2n) is 6.99. The van der Waals surface area contributed by atoms with E-state index in [9.17, 15) is 9.90 Å². The van der Waals surface area contributed by atoms with Gasteiger partial charge in [-0.05, 0) is 61.4 Å². The molecule has 2 aliphatic carbocycles. The summed E-state index contributed by atoms with van der Waals surface area (Å²) in [5.41, 5.74) is 4.53. The van der Waals surface area contributed by atoms with E-state index in [2.05, 4.69) is 12.0 Å². The molecule has 0 amide bonds. The lowest BCUT2D eigenvalue weighted by atomic mass is 9.81. The van der Waals surface area contributed by atoms with Gasteiger partial charge in [-0.1, -0.05) is 13.0 Å². The quantitative estimate of drug-likeness (QED) is 0.929. The molecule has 0 saturated heterocycles. The van der Waals surface area contributed by atoms with Crippen LogP contribution in [0.5, 0.6) is 0 Å². The van der Waals surface area contributed by atoms with Crippen molar-refractivity contribution in [3.8, 4) is 5.69 Å². The molecule has 0 unspecified atom stereocenters. The van der Waals surface area contributed by atoms with Crippen LogP contribution in [0.4, 0.5) is 0 Å². The number of Topliss-reactive ketones (excluding diaryl/α,β-unsaturated/α-hetero) is 1. The number of aliphatic hydroxyl groups is 1. The molecule has 1 fully saturated rings. The number of aryl methyl sites for hydroxylation is 2. The number of ketones is 1. The molecule has 4 heteroatoms. The summed E-state index contributed by atoms with van der Waals surface area (Å²) < 4.78 is 1.82. The predicted octanol–water partition coefficient (Wildman–Crippen LogP) is 4.01. The van der Waals surface area contributed by atoms with E-state index in [1.165, 1.54) is 0 Å². The minimum Gasteiger partial charge on any atom is -0.511 e. The molecule has 1 aromatic heterocycles. The van der Waals surface area contributed by atoms with Crippen LogP contribution in [0.25, 0.3) is 11.3 Å². The molecule has 0 radical (unpaired) electrons. The van der Waals surface area contributed by atoms with Gasteiger partial charge in [0.1, 0.15) is 5.76 Å². The molecule has 24 heavy (non-hydrogen) atoms. The number of carbonyl (C=O) groups is 1. The molecule has 0 aliphatic heterocycles. The molecule has 0 spiro atoms. The predicted molar refractivity (Wildman–Crippen MR) is 93.1 cm³/mol. The number of hydrogen-bond donors (Lipinski definition) is 1. The van der Waals surface area contributed by atoms with Crippen LogP contribution in [0.1, 0.15) is 42.9 Å². The fourth-order valence-corrected chi connectivity index (χ4v) is 4.08. The largest absolute Gasteiger partial charge is 0.511 e. The molecular weight excluding hydrogens is 300 g/mol. The Kier molecular flexibility index (Phi) is 3.56. The van der Waals surface area contributed by atoms with E-state index < -0.39 is 0 Å². The third-order valence-electron chi connectivity index (χ3n) is 5.41. The molecule has 2 atom stereocenters. The van der Waals surface area contributed by atoms with Crippen LogP contribution in [0.3, 0.4) is 0 Å². The van der Waals surface area contributed by atoms with Crippen molar-refractivity contribution >= 4 is 11.4 Å². The van der Waals surface area contributed by atoms with Crippen molar-refractivity contribution < 1.29 is 9.90 Å². The highest BCUT2D eigenvalue weighted by Crippen LogP contribution is 2.46. The Labute approximate surface area is 141 Å². The molecular formula is C20H22N2O2. The normalized spacial score (nSPS) is 23.2. The van der Waals surface area contributed by atoms with Crippen molar-refractivity contribution in [3.63, 3.8) is 0 Å². The number of rotatable bonds is 3. The summed E-state index contributed by atoms with van der Waals surface area (Å²) >= 11 is 0. The van der Waals surface area contributed by atoms with E-state index in [0.717, 1.165) is 48.1 Å². The van der Waals surface area contributed by atoms with Gasteiger partial charge in [-0.15, -0.1) is 0 Å². The molecule has 2 bridgehead atoms. The summed E-state index contributed by atoms with van der Waals surface area (Å²) in [5.74, 6) is 0.659. The molecule has 1 N–H and O–H groups in total. The first-order valence-corrected chi connectivity index (χ1v) is 8.70. The summed E-state index contributed by atoms with van der Waals surface area (Å²) in [6.07, 6.45) is 7.24. The maximum atomic E-state index is 12.9. The molecule has 124 valence electrons. The fraction of sp³-hybridized carbons (Fsp3) is 0.400. The van der Waals surface area contributed by atoms with E-state index in [1.807, 2.05) is 42.2 Å². The number of carbonyl (C=O) groups excluding carboxylic acids is 1. The van der Waals surface area contributed by atoms with Crippen LogP contribution in [0, 0.1) is 18.8 Å². The Balaban J connectivity index is 1.87. The number of allylic oxidation sites excluding steroid dienone is 2. The summed E-state index contributed by atoms with van der Waals surface area (Å²) in [4.78, 5) is 12.9. The smallest absolute Gasteiger partial charge is 0.169 e. The van der Waals surface area contributed by atoms with Crippen molar-refractivity contribution in [2.75, 3.05) is 0 Å². The van der Waals surface area contributed by atoms with Gasteiger partial charge in [0, 0.05) is 18.0 Å². The number of benzene rings is 1. The molecule has 4 rings (SSSR count). The van der Waals surface area contributed by atoms with Crippen molar-refractivity contribution in [2.24, 2.45) is 11.8 Å². The molecule has 1 heterocycles. The Bertz CT molecular complexity index is 847. The fourth-order valence-electron chi connectivity index (χ4n) is 4.08. The van der Waals surface area contributed by atoms with Gasteiger partial charge in [0.15, 0.2) is 5.78 Å². The highest BCUT2D eigenvalue weighted by Gasteiger charge is 2.41. The Morgan fingerprint density at radius 2 is 2.08 bits per heavy atom. The minimum absolute atomic E-state index is 0.0845. The van der Waals surface area contributed by atoms with E-state index >= 15 is 0 Å². The van der Waals surface area contributed by atoms with Crippen molar-refractivity contribution in [1.82, 2.24) is 9.78 Å². The molecule has 4 nitrogen and oxygen atoms in total. The van der Waals surface area contributed by atoms with E-state index in [1.54, 1.807) is 0 Å². The van der Waals surface area contributed by atoms with Gasteiger partial charge in [-0.3, -0.25) is 4.79 Å². The standard InChI is InChI=1S/C20H22N2O2/c1-3-13-6-7-16(22-11-12(2)10-21-22)9-17(13)18-19(23)14-4-5-15(8-14)20(18)24/h6-7,9-11,14-15,23H,3-5,8H2,1-2H3/t14-,15+/m0/s1. The lowest BCUT2D eigenvalue weighted by molar-refractivity contribution is -0.117. The van der Waals surface area contributed by atoms with Crippen LogP contribution in [-0.2, 0) is 11.2 Å². The van der Waals surface area contributed by atoms with Crippen LogP contribution < -0.4 is 0 Å². The highest BCUT2D eigenvalue weighted by atomic mass is 16.3. The SMILES string of the molecule is CCc1ccc(-n2cc(C)cn2)cc1C1=C(O)[C@H]2CC[C@H](C2)C1=O. The summed E-state index contributed by atoms with van der Waals surface area (Å²) in [5, 5.41) is 15.1. The Morgan fingerprint density at radius 1 is 1.29 bits per heavy atom. The van der Waals surface area contributed by atoms with Gasteiger partial charge in [-0.2, -0.15) is 5.10 Å². The van der Waals surface area contributed by atoms with Gasteiger partial charge < -0.3 is 5.11 Å².